The van der Waals surface area contributed by atoms with E-state index in [1.54, 1.807) is 18.5 Å². The number of hydrogen-bond acceptors (Lipinski definition) is 3. The molecule has 0 bridgehead atoms. The lowest BCUT2D eigenvalue weighted by Gasteiger charge is -2.00. The Morgan fingerprint density at radius 3 is 2.88 bits per heavy atom. The molecule has 3 nitrogen and oxygen atoms in total. The molecule has 0 aromatic heterocycles. The molecule has 5 heteroatoms. The zero-order valence-corrected chi connectivity index (χ0v) is 9.31. The summed E-state index contributed by atoms with van der Waals surface area (Å²) >= 11 is 1.26. The van der Waals surface area contributed by atoms with E-state index in [2.05, 4.69) is 16.2 Å². The van der Waals surface area contributed by atoms with E-state index in [9.17, 15) is 4.39 Å². The molecule has 0 unspecified atom stereocenters. The highest BCUT2D eigenvalue weighted by Gasteiger charge is 2.01. The maximum Gasteiger partial charge on any atom is 0.183 e. The number of nitrogens with one attached hydrogen (secondary N) is 1. The van der Waals surface area contributed by atoms with Crippen LogP contribution in [0.15, 0.2) is 23.2 Å². The highest BCUT2D eigenvalue weighted by atomic mass is 32.2. The molecule has 0 heterocycles. The van der Waals surface area contributed by atoms with Crippen molar-refractivity contribution in [2.75, 3.05) is 6.26 Å². The minimum Gasteiger partial charge on any atom is -0.271 e. The number of hydrogen-bond donors (Lipinski definition) is 1. The largest absolute Gasteiger partial charge is 0.271 e. The average molecular weight is 233 g/mol. The zero-order valence-electron chi connectivity index (χ0n) is 8.49. The molecule has 0 amide bonds. The van der Waals surface area contributed by atoms with Gasteiger partial charge in [0.15, 0.2) is 11.4 Å². The minimum atomic E-state index is -0.499. The van der Waals surface area contributed by atoms with E-state index in [0.717, 1.165) is 0 Å². The maximum atomic E-state index is 13.3. The quantitative estimate of drug-likeness (QED) is 0.266. The van der Waals surface area contributed by atoms with Crippen molar-refractivity contribution in [2.24, 2.45) is 4.99 Å². The Kier molecular flexibility index (Phi) is 4.38. The van der Waals surface area contributed by atoms with E-state index in [4.69, 9.17) is 11.7 Å². The van der Waals surface area contributed by atoms with Gasteiger partial charge >= 0.3 is 0 Å². The molecule has 1 aromatic carbocycles. The molecule has 0 saturated heterocycles. The fourth-order valence-electron chi connectivity index (χ4n) is 0.980. The molecule has 1 aromatic rings. The second-order valence-corrected chi connectivity index (χ2v) is 3.46. The normalized spacial score (nSPS) is 10.4. The Balaban J connectivity index is 3.03. The number of terminal acetylenes is 1. The van der Waals surface area contributed by atoms with Gasteiger partial charge in [0.25, 0.3) is 0 Å². The van der Waals surface area contributed by atoms with Gasteiger partial charge in [-0.25, -0.2) is 9.38 Å². The zero-order chi connectivity index (χ0) is 12.0. The van der Waals surface area contributed by atoms with E-state index in [1.807, 2.05) is 0 Å². The third-order valence-corrected chi connectivity index (χ3v) is 2.28. The summed E-state index contributed by atoms with van der Waals surface area (Å²) in [6, 6.07) is 4.29. The first kappa shape index (κ1) is 12.1. The first-order valence-corrected chi connectivity index (χ1v) is 5.47. The average Bonchev–Trinajstić information content (AvgIpc) is 2.28. The fourth-order valence-corrected chi connectivity index (χ4v) is 1.32. The van der Waals surface area contributed by atoms with E-state index < -0.39 is 5.82 Å². The van der Waals surface area contributed by atoms with Crippen molar-refractivity contribution >= 4 is 22.6 Å². The molecule has 1 rings (SSSR count). The number of halogens is 1. The van der Waals surface area contributed by atoms with E-state index in [0.29, 0.717) is 10.9 Å². The van der Waals surface area contributed by atoms with Crippen LogP contribution in [0.2, 0.25) is 0 Å². The lowest BCUT2D eigenvalue weighted by atomic mass is 10.2. The van der Waals surface area contributed by atoms with Crippen molar-refractivity contribution in [3.8, 4) is 18.5 Å². The first-order chi connectivity index (χ1) is 7.71. The SMILES string of the molecule is C#Cc1ccc(N=C(NC#N)SC)cc1F. The van der Waals surface area contributed by atoms with Gasteiger partial charge < -0.3 is 0 Å². The van der Waals surface area contributed by atoms with Crippen molar-refractivity contribution in [3.05, 3.63) is 29.6 Å². The van der Waals surface area contributed by atoms with Crippen LogP contribution >= 0.6 is 11.8 Å². The molecule has 0 aliphatic heterocycles. The fraction of sp³-hybridized carbons (Fsp3) is 0.0909. The highest BCUT2D eigenvalue weighted by Crippen LogP contribution is 2.17. The van der Waals surface area contributed by atoms with Crippen LogP contribution < -0.4 is 5.32 Å². The topological polar surface area (TPSA) is 48.2 Å². The summed E-state index contributed by atoms with van der Waals surface area (Å²) in [6.45, 7) is 0. The maximum absolute atomic E-state index is 13.3. The molecule has 0 spiro atoms. The van der Waals surface area contributed by atoms with Gasteiger partial charge in [-0.3, -0.25) is 5.32 Å². The summed E-state index contributed by atoms with van der Waals surface area (Å²) in [6.07, 6.45) is 8.60. The lowest BCUT2D eigenvalue weighted by molar-refractivity contribution is 0.625. The van der Waals surface area contributed by atoms with Crippen LogP contribution in [0.3, 0.4) is 0 Å². The predicted octanol–water partition coefficient (Wildman–Crippen LogP) is 2.23. The number of benzene rings is 1. The van der Waals surface area contributed by atoms with Gasteiger partial charge in [0, 0.05) is 6.07 Å². The van der Waals surface area contributed by atoms with E-state index in [1.165, 1.54) is 23.9 Å². The van der Waals surface area contributed by atoms with Gasteiger partial charge in [-0.15, -0.1) is 6.42 Å². The second-order valence-electron chi connectivity index (χ2n) is 2.67. The van der Waals surface area contributed by atoms with Crippen LogP contribution in [-0.4, -0.2) is 11.4 Å². The Morgan fingerprint density at radius 2 is 2.38 bits per heavy atom. The molecule has 80 valence electrons. The molecule has 0 aliphatic carbocycles. The third kappa shape index (κ3) is 3.01. The van der Waals surface area contributed by atoms with Crippen molar-refractivity contribution in [3.63, 3.8) is 0 Å². The van der Waals surface area contributed by atoms with Gasteiger partial charge in [-0.05, 0) is 18.4 Å². The van der Waals surface area contributed by atoms with E-state index >= 15 is 0 Å². The predicted molar refractivity (Wildman–Crippen MR) is 63.7 cm³/mol. The summed E-state index contributed by atoms with van der Waals surface area (Å²) in [5, 5.41) is 11.2. The molecule has 0 atom stereocenters. The Labute approximate surface area is 97.4 Å². The van der Waals surface area contributed by atoms with Crippen LogP contribution in [0.5, 0.6) is 0 Å². The van der Waals surface area contributed by atoms with Crippen molar-refractivity contribution in [1.29, 1.82) is 5.26 Å². The van der Waals surface area contributed by atoms with Crippen LogP contribution in [0.1, 0.15) is 5.56 Å². The highest BCUT2D eigenvalue weighted by molar-refractivity contribution is 8.13. The molecule has 16 heavy (non-hydrogen) atoms. The molecule has 0 radical (unpaired) electrons. The summed E-state index contributed by atoms with van der Waals surface area (Å²) in [5.41, 5.74) is 0.599. The Hall–Kier alpha value is -1.98. The smallest absolute Gasteiger partial charge is 0.183 e. The first-order valence-electron chi connectivity index (χ1n) is 4.25. The minimum absolute atomic E-state index is 0.192. The molecule has 1 N–H and O–H groups in total. The van der Waals surface area contributed by atoms with Gasteiger partial charge in [-0.1, -0.05) is 17.7 Å². The number of rotatable bonds is 1. The Bertz CT molecular complexity index is 497. The summed E-state index contributed by atoms with van der Waals surface area (Å²) < 4.78 is 13.3. The van der Waals surface area contributed by atoms with Gasteiger partial charge in [0.1, 0.15) is 5.82 Å². The van der Waals surface area contributed by atoms with Gasteiger partial charge in [0.05, 0.1) is 11.3 Å². The van der Waals surface area contributed by atoms with Crippen molar-refractivity contribution in [2.45, 2.75) is 0 Å². The summed E-state index contributed by atoms with van der Waals surface area (Å²) in [7, 11) is 0. The van der Waals surface area contributed by atoms with Crippen LogP contribution in [0.25, 0.3) is 0 Å². The van der Waals surface area contributed by atoms with Gasteiger partial charge in [0.2, 0.25) is 0 Å². The van der Waals surface area contributed by atoms with E-state index in [-0.39, 0.29) is 5.56 Å². The van der Waals surface area contributed by atoms with Crippen molar-refractivity contribution < 1.29 is 4.39 Å². The number of aliphatic imine (C=N–C) groups is 1. The summed E-state index contributed by atoms with van der Waals surface area (Å²) in [4.78, 5) is 4.04. The number of amidine groups is 1. The Morgan fingerprint density at radius 1 is 1.62 bits per heavy atom. The molecule has 0 fully saturated rings. The van der Waals surface area contributed by atoms with Gasteiger partial charge in [-0.2, -0.15) is 5.26 Å². The van der Waals surface area contributed by atoms with Crippen LogP contribution in [0, 0.1) is 29.6 Å². The van der Waals surface area contributed by atoms with Crippen LogP contribution in [-0.2, 0) is 0 Å². The monoisotopic (exact) mass is 233 g/mol. The third-order valence-electron chi connectivity index (χ3n) is 1.69. The number of nitriles is 1. The molecular weight excluding hydrogens is 225 g/mol. The van der Waals surface area contributed by atoms with Crippen molar-refractivity contribution in [1.82, 2.24) is 5.32 Å². The molecule has 0 saturated carbocycles. The molecular formula is C11H8FN3S. The number of thioether (sulfide) groups is 1. The second kappa shape index (κ2) is 5.79. The lowest BCUT2D eigenvalue weighted by Crippen LogP contribution is -2.12. The number of nitrogens with zero attached hydrogens (tertiary/aromatic N) is 2. The standard InChI is InChI=1S/C11H8FN3S/c1-3-8-4-5-9(6-10(8)12)15-11(16-2)14-7-13/h1,4-6H,2H3,(H,14,15). The molecule has 0 aliphatic rings. The summed E-state index contributed by atoms with van der Waals surface area (Å²) in [5.74, 6) is 1.72. The van der Waals surface area contributed by atoms with Crippen LogP contribution in [0.4, 0.5) is 10.1 Å².